The maximum Gasteiger partial charge on any atom is 0.251 e. The third-order valence-electron chi connectivity index (χ3n) is 6.95. The van der Waals surface area contributed by atoms with Crippen molar-refractivity contribution in [1.29, 1.82) is 0 Å². The second-order valence-electron chi connectivity index (χ2n) is 9.79. The fraction of sp³-hybridized carbons (Fsp3) is 0.500. The molecular weight excluding hydrogens is 412 g/mol. The summed E-state index contributed by atoms with van der Waals surface area (Å²) in [5, 5.41) is 2.97. The van der Waals surface area contributed by atoms with Crippen LogP contribution in [0.4, 0.5) is 0 Å². The average Bonchev–Trinajstić information content (AvgIpc) is 2.85. The number of rotatable bonds is 6. The molecule has 0 unspecified atom stereocenters. The number of likely N-dealkylation sites (tertiary alicyclic amines) is 1. The van der Waals surface area contributed by atoms with Gasteiger partial charge in [0.2, 0.25) is 5.91 Å². The molecule has 0 atom stereocenters. The van der Waals surface area contributed by atoms with Crippen LogP contribution in [0.25, 0.3) is 11.1 Å². The van der Waals surface area contributed by atoms with E-state index in [-0.39, 0.29) is 11.9 Å². The van der Waals surface area contributed by atoms with Crippen LogP contribution in [0.15, 0.2) is 48.5 Å². The van der Waals surface area contributed by atoms with Crippen molar-refractivity contribution in [3.63, 3.8) is 0 Å². The molecule has 0 aromatic heterocycles. The third kappa shape index (κ3) is 5.47. The van der Waals surface area contributed by atoms with E-state index in [4.69, 9.17) is 4.74 Å². The number of nitrogens with zero attached hydrogens (tertiary/aromatic N) is 1. The summed E-state index contributed by atoms with van der Waals surface area (Å²) in [4.78, 5) is 28.5. The Kier molecular flexibility index (Phi) is 7.49. The average molecular weight is 449 g/mol. The fourth-order valence-corrected chi connectivity index (χ4v) is 5.15. The van der Waals surface area contributed by atoms with Crippen molar-refractivity contribution in [1.82, 2.24) is 10.2 Å². The largest absolute Gasteiger partial charge is 0.381 e. The molecule has 0 saturated carbocycles. The summed E-state index contributed by atoms with van der Waals surface area (Å²) in [5.74, 6) is 0.232. The smallest absolute Gasteiger partial charge is 0.251 e. The summed E-state index contributed by atoms with van der Waals surface area (Å²) in [5.41, 5.74) is 3.49. The van der Waals surface area contributed by atoms with Crippen molar-refractivity contribution in [3.8, 4) is 11.1 Å². The first kappa shape index (κ1) is 23.5. The quantitative estimate of drug-likeness (QED) is 0.688. The number of ether oxygens (including phenoxy) is 1. The zero-order valence-electron chi connectivity index (χ0n) is 19.9. The molecule has 1 N–H and O–H groups in total. The van der Waals surface area contributed by atoms with Gasteiger partial charge in [-0.15, -0.1) is 0 Å². The van der Waals surface area contributed by atoms with E-state index in [2.05, 4.69) is 22.3 Å². The second-order valence-corrected chi connectivity index (χ2v) is 9.79. The zero-order valence-corrected chi connectivity index (χ0v) is 19.9. The highest BCUT2D eigenvalue weighted by molar-refractivity contribution is 5.95. The number of piperidine rings is 1. The van der Waals surface area contributed by atoms with E-state index >= 15 is 0 Å². The van der Waals surface area contributed by atoms with Crippen LogP contribution >= 0.6 is 0 Å². The summed E-state index contributed by atoms with van der Waals surface area (Å²) in [6.07, 6.45) is 5.62. The SMILES string of the molecule is CC(C)NC(=O)c1cccc(-c2ccccc2CC2(C(=O)N3CCCCC3)CCOCC2)c1. The Morgan fingerprint density at radius 1 is 1.00 bits per heavy atom. The Balaban J connectivity index is 1.65. The second kappa shape index (κ2) is 10.5. The first-order chi connectivity index (χ1) is 16.0. The van der Waals surface area contributed by atoms with Gasteiger partial charge in [0.05, 0.1) is 5.41 Å². The van der Waals surface area contributed by atoms with Crippen LogP contribution < -0.4 is 5.32 Å². The minimum Gasteiger partial charge on any atom is -0.381 e. The lowest BCUT2D eigenvalue weighted by Gasteiger charge is -2.41. The summed E-state index contributed by atoms with van der Waals surface area (Å²) in [6.45, 7) is 6.93. The molecule has 2 saturated heterocycles. The van der Waals surface area contributed by atoms with Crippen LogP contribution in [0.1, 0.15) is 61.9 Å². The molecule has 33 heavy (non-hydrogen) atoms. The molecule has 5 nitrogen and oxygen atoms in total. The van der Waals surface area contributed by atoms with Gasteiger partial charge in [0, 0.05) is 37.9 Å². The maximum atomic E-state index is 13.8. The number of amides is 2. The van der Waals surface area contributed by atoms with E-state index in [0.717, 1.165) is 55.5 Å². The molecule has 2 fully saturated rings. The first-order valence-electron chi connectivity index (χ1n) is 12.3. The van der Waals surface area contributed by atoms with Crippen LogP contribution in [-0.4, -0.2) is 49.1 Å². The van der Waals surface area contributed by atoms with Gasteiger partial charge in [0.15, 0.2) is 0 Å². The van der Waals surface area contributed by atoms with Crippen molar-refractivity contribution in [3.05, 3.63) is 59.7 Å². The van der Waals surface area contributed by atoms with Crippen LogP contribution in [0, 0.1) is 5.41 Å². The van der Waals surface area contributed by atoms with E-state index in [0.29, 0.717) is 31.1 Å². The molecule has 0 radical (unpaired) electrons. The molecule has 2 amide bonds. The van der Waals surface area contributed by atoms with Gasteiger partial charge in [-0.1, -0.05) is 36.4 Å². The molecule has 2 aromatic carbocycles. The Bertz CT molecular complexity index is 973. The minimum atomic E-state index is -0.418. The molecule has 2 aliphatic heterocycles. The molecule has 2 aromatic rings. The molecule has 0 aliphatic carbocycles. The van der Waals surface area contributed by atoms with Crippen molar-refractivity contribution in [2.24, 2.45) is 5.41 Å². The number of carbonyl (C=O) groups excluding carboxylic acids is 2. The van der Waals surface area contributed by atoms with Gasteiger partial charge in [-0.05, 0) is 81.2 Å². The van der Waals surface area contributed by atoms with Gasteiger partial charge >= 0.3 is 0 Å². The molecule has 4 rings (SSSR count). The number of hydrogen-bond acceptors (Lipinski definition) is 3. The number of carbonyl (C=O) groups is 2. The molecule has 0 bridgehead atoms. The highest BCUT2D eigenvalue weighted by atomic mass is 16.5. The van der Waals surface area contributed by atoms with Crippen molar-refractivity contribution in [2.75, 3.05) is 26.3 Å². The lowest BCUT2D eigenvalue weighted by molar-refractivity contribution is -0.149. The van der Waals surface area contributed by atoms with E-state index in [1.54, 1.807) is 0 Å². The molecule has 2 aliphatic rings. The lowest BCUT2D eigenvalue weighted by Crippen LogP contribution is -2.49. The molecule has 2 heterocycles. The van der Waals surface area contributed by atoms with Gasteiger partial charge in [-0.2, -0.15) is 0 Å². The van der Waals surface area contributed by atoms with Gasteiger partial charge in [0.25, 0.3) is 5.91 Å². The minimum absolute atomic E-state index is 0.0643. The normalized spacial score (nSPS) is 18.2. The summed E-state index contributed by atoms with van der Waals surface area (Å²) in [7, 11) is 0. The summed E-state index contributed by atoms with van der Waals surface area (Å²) >= 11 is 0. The number of benzene rings is 2. The highest BCUT2D eigenvalue weighted by Crippen LogP contribution is 2.39. The molecule has 5 heteroatoms. The summed E-state index contributed by atoms with van der Waals surface area (Å²) in [6, 6.07) is 16.2. The van der Waals surface area contributed by atoms with Crippen LogP contribution in [0.2, 0.25) is 0 Å². The predicted octanol–water partition coefficient (Wildman–Crippen LogP) is 4.84. The maximum absolute atomic E-state index is 13.8. The third-order valence-corrected chi connectivity index (χ3v) is 6.95. The van der Waals surface area contributed by atoms with Crippen molar-refractivity contribution in [2.45, 2.75) is 58.4 Å². The van der Waals surface area contributed by atoms with Crippen molar-refractivity contribution >= 4 is 11.8 Å². The van der Waals surface area contributed by atoms with Crippen LogP contribution in [0.3, 0.4) is 0 Å². The standard InChI is InChI=1S/C28H36N2O3/c1-21(2)29-26(31)23-11-8-10-22(19-23)25-12-5-4-9-24(25)20-28(13-17-33-18-14-28)27(32)30-15-6-3-7-16-30/h4-5,8-12,19,21H,3,6-7,13-18,20H2,1-2H3,(H,29,31). The Hall–Kier alpha value is -2.66. The first-order valence-corrected chi connectivity index (χ1v) is 12.3. The Labute approximate surface area is 197 Å². The number of nitrogens with one attached hydrogen (secondary N) is 1. The van der Waals surface area contributed by atoms with Gasteiger partial charge < -0.3 is 15.0 Å². The van der Waals surface area contributed by atoms with Crippen LogP contribution in [-0.2, 0) is 16.0 Å². The van der Waals surface area contributed by atoms with Gasteiger partial charge in [0.1, 0.15) is 0 Å². The molecule has 0 spiro atoms. The van der Waals surface area contributed by atoms with Gasteiger partial charge in [-0.3, -0.25) is 9.59 Å². The number of hydrogen-bond donors (Lipinski definition) is 1. The fourth-order valence-electron chi connectivity index (χ4n) is 5.15. The molecular formula is C28H36N2O3. The van der Waals surface area contributed by atoms with Crippen molar-refractivity contribution < 1.29 is 14.3 Å². The monoisotopic (exact) mass is 448 g/mol. The lowest BCUT2D eigenvalue weighted by atomic mass is 9.72. The topological polar surface area (TPSA) is 58.6 Å². The Morgan fingerprint density at radius 2 is 1.73 bits per heavy atom. The van der Waals surface area contributed by atoms with E-state index in [1.807, 2.05) is 50.2 Å². The summed E-state index contributed by atoms with van der Waals surface area (Å²) < 4.78 is 5.67. The Morgan fingerprint density at radius 3 is 2.45 bits per heavy atom. The van der Waals surface area contributed by atoms with E-state index < -0.39 is 5.41 Å². The van der Waals surface area contributed by atoms with E-state index in [9.17, 15) is 9.59 Å². The zero-order chi connectivity index (χ0) is 23.3. The van der Waals surface area contributed by atoms with E-state index in [1.165, 1.54) is 6.42 Å². The molecule has 176 valence electrons. The van der Waals surface area contributed by atoms with Crippen LogP contribution in [0.5, 0.6) is 0 Å². The predicted molar refractivity (Wildman–Crippen MR) is 131 cm³/mol. The van der Waals surface area contributed by atoms with Gasteiger partial charge in [-0.25, -0.2) is 0 Å². The highest BCUT2D eigenvalue weighted by Gasteiger charge is 2.43.